The van der Waals surface area contributed by atoms with Crippen molar-refractivity contribution in [3.05, 3.63) is 288 Å². The maximum absolute atomic E-state index is 4.20. The van der Waals surface area contributed by atoms with Gasteiger partial charge in [-0.15, -0.1) is 0 Å². The Morgan fingerprint density at radius 1 is 0.299 bits per heavy atom. The molecule has 0 bridgehead atoms. The molecule has 0 saturated carbocycles. The minimum Gasteiger partial charge on any atom is -0.279 e. The van der Waals surface area contributed by atoms with E-state index in [9.17, 15) is 0 Å². The molecule has 318 valence electrons. The highest BCUT2D eigenvalue weighted by Crippen LogP contribution is 2.57. The lowest BCUT2D eigenvalue weighted by molar-refractivity contribution is 0.204. The molecular weight excluding hydrogens is 811 g/mol. The molecule has 3 nitrogen and oxygen atoms in total. The van der Waals surface area contributed by atoms with Crippen LogP contribution in [0.25, 0.3) is 65.7 Å². The largest absolute Gasteiger partial charge is 0.279 e. The lowest BCUT2D eigenvalue weighted by atomic mass is 9.67. The molecule has 0 radical (unpaired) electrons. The fraction of sp³-hybridized carbons (Fsp3) is 0.0625. The zero-order chi connectivity index (χ0) is 44.3. The first-order chi connectivity index (χ1) is 33.2. The lowest BCUT2D eigenvalue weighted by Crippen LogP contribution is -2.54. The Morgan fingerprint density at radius 3 is 1.58 bits per heavy atom. The minimum atomic E-state index is -0.504. The molecule has 3 unspecified atom stereocenters. The molecular formula is C64H47N3. The summed E-state index contributed by atoms with van der Waals surface area (Å²) in [5.41, 5.74) is 15.6. The number of nitrogens with one attached hydrogen (secondary N) is 3. The van der Waals surface area contributed by atoms with E-state index in [0.717, 1.165) is 0 Å². The summed E-state index contributed by atoms with van der Waals surface area (Å²) >= 11 is 0. The molecule has 67 heavy (non-hydrogen) atoms. The van der Waals surface area contributed by atoms with Gasteiger partial charge in [0.05, 0.1) is 23.9 Å². The second-order valence-corrected chi connectivity index (χ2v) is 18.0. The second-order valence-electron chi connectivity index (χ2n) is 18.0. The van der Waals surface area contributed by atoms with Crippen molar-refractivity contribution in [3.8, 4) is 33.4 Å². The van der Waals surface area contributed by atoms with E-state index in [1.807, 2.05) is 0 Å². The fourth-order valence-corrected chi connectivity index (χ4v) is 11.5. The van der Waals surface area contributed by atoms with Gasteiger partial charge in [-0.25, -0.2) is 0 Å². The Hall–Kier alpha value is -7.92. The number of benzene rings is 11. The molecule has 0 spiro atoms. The molecule has 13 rings (SSSR count). The van der Waals surface area contributed by atoms with E-state index in [1.165, 1.54) is 105 Å². The van der Waals surface area contributed by atoms with Crippen LogP contribution in [0.1, 0.15) is 57.4 Å². The second kappa shape index (κ2) is 16.2. The third kappa shape index (κ3) is 6.39. The summed E-state index contributed by atoms with van der Waals surface area (Å²) in [7, 11) is 0. The molecule has 11 aromatic rings. The average molecular weight is 858 g/mol. The fourth-order valence-electron chi connectivity index (χ4n) is 11.5. The van der Waals surface area contributed by atoms with Gasteiger partial charge < -0.3 is 0 Å². The zero-order valence-corrected chi connectivity index (χ0v) is 36.9. The predicted molar refractivity (Wildman–Crippen MR) is 278 cm³/mol. The summed E-state index contributed by atoms with van der Waals surface area (Å²) in [6, 6.07) is 91.5. The molecule has 1 aliphatic carbocycles. The van der Waals surface area contributed by atoms with Crippen LogP contribution in [-0.2, 0) is 5.41 Å². The zero-order valence-electron chi connectivity index (χ0n) is 36.9. The van der Waals surface area contributed by atoms with Crippen LogP contribution < -0.4 is 16.0 Å². The number of hydrogen-bond acceptors (Lipinski definition) is 3. The monoisotopic (exact) mass is 857 g/mol. The van der Waals surface area contributed by atoms with Gasteiger partial charge in [0.15, 0.2) is 0 Å². The smallest absolute Gasteiger partial charge is 0.0870 e. The summed E-state index contributed by atoms with van der Waals surface area (Å²) < 4.78 is 0. The minimum absolute atomic E-state index is 0.192. The number of fused-ring (bicyclic) bond motifs is 7. The molecule has 0 amide bonds. The van der Waals surface area contributed by atoms with Gasteiger partial charge in [-0.1, -0.05) is 243 Å². The van der Waals surface area contributed by atoms with Gasteiger partial charge >= 0.3 is 0 Å². The highest BCUT2D eigenvalue weighted by atomic mass is 15.4. The lowest BCUT2D eigenvalue weighted by Gasteiger charge is -2.41. The Balaban J connectivity index is 1.01. The molecule has 11 aromatic carbocycles. The van der Waals surface area contributed by atoms with Gasteiger partial charge in [0.25, 0.3) is 0 Å². The summed E-state index contributed by atoms with van der Waals surface area (Å²) in [5.74, 6) is 0. The van der Waals surface area contributed by atoms with E-state index in [2.05, 4.69) is 265 Å². The molecule has 3 heteroatoms. The molecule has 1 heterocycles. The Labute approximate surface area is 391 Å². The maximum Gasteiger partial charge on any atom is 0.0870 e. The highest BCUT2D eigenvalue weighted by molar-refractivity contribution is 6.20. The average Bonchev–Trinajstić information content (AvgIpc) is 3.72. The van der Waals surface area contributed by atoms with Gasteiger partial charge in [0, 0.05) is 0 Å². The summed E-state index contributed by atoms with van der Waals surface area (Å²) in [6.45, 7) is 0. The highest BCUT2D eigenvalue weighted by Gasteiger charge is 2.47. The van der Waals surface area contributed by atoms with Crippen LogP contribution in [0.3, 0.4) is 0 Å². The molecule has 3 atom stereocenters. The molecule has 1 fully saturated rings. The SMILES string of the molecule is c1ccc(-c2ccc(C3NC(c4ccccc4-c4c5ccccc5cc5c4ccc4ccccc45)NC(c4cccc5c4-c4ccccc4C5(c4ccccc4)c4ccccc4)N3)cc2)cc1. The van der Waals surface area contributed by atoms with Crippen molar-refractivity contribution >= 4 is 32.3 Å². The summed E-state index contributed by atoms with van der Waals surface area (Å²) in [6.07, 6.45) is -0.671. The normalized spacial score (nSPS) is 17.3. The van der Waals surface area contributed by atoms with E-state index in [-0.39, 0.29) is 18.5 Å². The number of hydrogen-bond donors (Lipinski definition) is 3. The van der Waals surface area contributed by atoms with Gasteiger partial charge in [-0.3, -0.25) is 16.0 Å². The first-order valence-electron chi connectivity index (χ1n) is 23.4. The Bertz CT molecular complexity index is 3580. The maximum atomic E-state index is 4.20. The van der Waals surface area contributed by atoms with Crippen LogP contribution in [0.2, 0.25) is 0 Å². The topological polar surface area (TPSA) is 36.1 Å². The van der Waals surface area contributed by atoms with Crippen LogP contribution in [0.4, 0.5) is 0 Å². The molecule has 1 saturated heterocycles. The van der Waals surface area contributed by atoms with Crippen molar-refractivity contribution in [1.82, 2.24) is 16.0 Å². The first-order valence-corrected chi connectivity index (χ1v) is 23.4. The third-order valence-corrected chi connectivity index (χ3v) is 14.5. The number of rotatable bonds is 7. The molecule has 2 aliphatic rings. The van der Waals surface area contributed by atoms with Crippen molar-refractivity contribution in [2.75, 3.05) is 0 Å². The van der Waals surface area contributed by atoms with Crippen molar-refractivity contribution in [2.45, 2.75) is 23.9 Å². The van der Waals surface area contributed by atoms with E-state index < -0.39 is 5.41 Å². The predicted octanol–water partition coefficient (Wildman–Crippen LogP) is 15.0. The Kier molecular flexibility index (Phi) is 9.54. The van der Waals surface area contributed by atoms with E-state index >= 15 is 0 Å². The summed E-state index contributed by atoms with van der Waals surface area (Å²) in [4.78, 5) is 0. The van der Waals surface area contributed by atoms with Crippen LogP contribution in [-0.4, -0.2) is 0 Å². The van der Waals surface area contributed by atoms with Crippen LogP contribution in [0.5, 0.6) is 0 Å². The quantitative estimate of drug-likeness (QED) is 0.110. The molecule has 0 aromatic heterocycles. The van der Waals surface area contributed by atoms with Crippen molar-refractivity contribution in [3.63, 3.8) is 0 Å². The van der Waals surface area contributed by atoms with Gasteiger partial charge in [-0.05, 0) is 111 Å². The Morgan fingerprint density at radius 2 is 0.836 bits per heavy atom. The molecule has 1 aliphatic heterocycles. The van der Waals surface area contributed by atoms with Crippen molar-refractivity contribution < 1.29 is 0 Å². The van der Waals surface area contributed by atoms with E-state index in [4.69, 9.17) is 0 Å². The van der Waals surface area contributed by atoms with Crippen LogP contribution in [0.15, 0.2) is 249 Å². The van der Waals surface area contributed by atoms with Crippen LogP contribution in [0, 0.1) is 0 Å². The van der Waals surface area contributed by atoms with E-state index in [0.29, 0.717) is 0 Å². The van der Waals surface area contributed by atoms with Crippen molar-refractivity contribution in [1.29, 1.82) is 0 Å². The summed E-state index contributed by atoms with van der Waals surface area (Å²) in [5, 5.41) is 19.9. The standard InChI is InChI=1S/C64H47N3/c1-4-19-42(20-5-1)43-35-37-45(38-36-43)61-65-62(53-30-15-14-29-51(53)59-50-28-13-11-22-46(50)41-56-49-27-12-10-21-44(49)39-40-52(56)59)67-63(66-61)55-32-18-34-58-60(55)54-31-16-17-33-57(54)64(58,47-23-6-2-7-24-47)48-25-8-3-9-26-48/h1-41,61-63,65-67H. The van der Waals surface area contributed by atoms with Gasteiger partial charge in [0.1, 0.15) is 0 Å². The van der Waals surface area contributed by atoms with Gasteiger partial charge in [-0.2, -0.15) is 0 Å². The van der Waals surface area contributed by atoms with Crippen LogP contribution >= 0.6 is 0 Å². The van der Waals surface area contributed by atoms with Crippen molar-refractivity contribution in [2.24, 2.45) is 0 Å². The third-order valence-electron chi connectivity index (χ3n) is 14.5. The molecule has 3 N–H and O–H groups in total. The van der Waals surface area contributed by atoms with E-state index in [1.54, 1.807) is 0 Å². The first kappa shape index (κ1) is 39.4. The van der Waals surface area contributed by atoms with Gasteiger partial charge in [0.2, 0.25) is 0 Å².